The summed E-state index contributed by atoms with van der Waals surface area (Å²) in [5.41, 5.74) is 2.52. The predicted molar refractivity (Wildman–Crippen MR) is 121 cm³/mol. The third kappa shape index (κ3) is 6.27. The Balaban J connectivity index is 2.25. The number of ether oxygens (including phenoxy) is 2. The van der Waals surface area contributed by atoms with Crippen molar-refractivity contribution in [2.45, 2.75) is 46.6 Å². The molecule has 1 unspecified atom stereocenters. The summed E-state index contributed by atoms with van der Waals surface area (Å²) in [6.45, 7) is 8.43. The molecule has 1 aromatic rings. The monoisotopic (exact) mass is 447 g/mol. The summed E-state index contributed by atoms with van der Waals surface area (Å²) in [4.78, 5) is 38.2. The number of amides is 1. The highest BCUT2D eigenvalue weighted by molar-refractivity contribution is 7.80. The van der Waals surface area contributed by atoms with Crippen LogP contribution < -0.4 is 10.6 Å². The average Bonchev–Trinajstić information content (AvgIpc) is 2.72. The number of nitrogens with one attached hydrogen (secondary N) is 2. The van der Waals surface area contributed by atoms with Gasteiger partial charge in [-0.25, -0.2) is 4.79 Å². The Morgan fingerprint density at radius 3 is 2.48 bits per heavy atom. The number of allylic oxidation sites excluding steroid dienone is 1. The third-order valence-corrected chi connectivity index (χ3v) is 5.11. The number of esters is 2. The minimum absolute atomic E-state index is 0.0135. The fourth-order valence-corrected chi connectivity index (χ4v) is 3.74. The molecule has 0 radical (unpaired) electrons. The second-order valence-electron chi connectivity index (χ2n) is 6.82. The molecule has 1 heterocycles. The lowest BCUT2D eigenvalue weighted by molar-refractivity contribution is -0.144. The van der Waals surface area contributed by atoms with Crippen molar-refractivity contribution in [1.82, 2.24) is 10.2 Å². The maximum Gasteiger partial charge on any atom is 0.338 e. The van der Waals surface area contributed by atoms with Gasteiger partial charge in [0.2, 0.25) is 5.91 Å². The highest BCUT2D eigenvalue weighted by Crippen LogP contribution is 2.32. The van der Waals surface area contributed by atoms with Crippen molar-refractivity contribution in [3.8, 4) is 0 Å². The third-order valence-electron chi connectivity index (χ3n) is 4.77. The molecule has 31 heavy (non-hydrogen) atoms. The molecule has 0 saturated heterocycles. The van der Waals surface area contributed by atoms with E-state index < -0.39 is 18.0 Å². The predicted octanol–water partition coefficient (Wildman–Crippen LogP) is 3.06. The van der Waals surface area contributed by atoms with Gasteiger partial charge >= 0.3 is 11.9 Å². The van der Waals surface area contributed by atoms with Crippen molar-refractivity contribution in [3.63, 3.8) is 0 Å². The average molecular weight is 448 g/mol. The molecule has 2 N–H and O–H groups in total. The van der Waals surface area contributed by atoms with E-state index in [0.717, 1.165) is 11.3 Å². The van der Waals surface area contributed by atoms with Gasteiger partial charge in [-0.1, -0.05) is 12.1 Å². The lowest BCUT2D eigenvalue weighted by atomic mass is 9.94. The van der Waals surface area contributed by atoms with Crippen LogP contribution in [0.1, 0.15) is 52.1 Å². The lowest BCUT2D eigenvalue weighted by Crippen LogP contribution is -2.47. The molecule has 0 spiro atoms. The van der Waals surface area contributed by atoms with Crippen LogP contribution >= 0.6 is 12.2 Å². The van der Waals surface area contributed by atoms with Crippen molar-refractivity contribution in [3.05, 3.63) is 41.1 Å². The van der Waals surface area contributed by atoms with E-state index in [1.165, 1.54) is 0 Å². The minimum atomic E-state index is -0.509. The standard InChI is InChI=1S/C22H29N3O5S/c1-5-25-14(4)19(21(28)30-7-3)20(24-22(25)31)15-9-8-10-16(13-15)23-17(26)11-12-18(27)29-6-2/h8-10,13,20H,5-7,11-12H2,1-4H3,(H,23,26)(H,24,31). The number of rotatable bonds is 9. The lowest BCUT2D eigenvalue weighted by Gasteiger charge is -2.37. The summed E-state index contributed by atoms with van der Waals surface area (Å²) in [5.74, 6) is -1.12. The fraction of sp³-hybridized carbons (Fsp3) is 0.455. The Hall–Kier alpha value is -2.94. The van der Waals surface area contributed by atoms with Crippen molar-refractivity contribution in [1.29, 1.82) is 0 Å². The normalized spacial score (nSPS) is 15.9. The van der Waals surface area contributed by atoms with Crippen LogP contribution in [0.25, 0.3) is 0 Å². The van der Waals surface area contributed by atoms with Crippen LogP contribution in [0.15, 0.2) is 35.5 Å². The molecule has 168 valence electrons. The van der Waals surface area contributed by atoms with Crippen LogP contribution in [0.4, 0.5) is 5.69 Å². The Labute approximate surface area is 188 Å². The first-order chi connectivity index (χ1) is 14.8. The topological polar surface area (TPSA) is 97.0 Å². The highest BCUT2D eigenvalue weighted by Gasteiger charge is 2.34. The summed E-state index contributed by atoms with van der Waals surface area (Å²) < 4.78 is 10.1. The number of carbonyl (C=O) groups is 3. The van der Waals surface area contributed by atoms with Gasteiger partial charge in [-0.15, -0.1) is 0 Å². The van der Waals surface area contributed by atoms with E-state index in [-0.39, 0.29) is 32.0 Å². The second-order valence-corrected chi connectivity index (χ2v) is 7.21. The number of benzene rings is 1. The van der Waals surface area contributed by atoms with Gasteiger partial charge in [0.1, 0.15) is 0 Å². The molecule has 1 amide bonds. The molecule has 1 aromatic carbocycles. The van der Waals surface area contributed by atoms with Crippen LogP contribution in [-0.2, 0) is 23.9 Å². The molecule has 0 aromatic heterocycles. The Morgan fingerprint density at radius 1 is 1.13 bits per heavy atom. The molecular formula is C22H29N3O5S. The summed E-state index contributed by atoms with van der Waals surface area (Å²) in [5, 5.41) is 6.51. The Kier molecular flexibility index (Phi) is 8.99. The van der Waals surface area contributed by atoms with Gasteiger partial charge in [-0.3, -0.25) is 9.59 Å². The molecule has 8 nitrogen and oxygen atoms in total. The SMILES string of the molecule is CCOC(=O)CCC(=O)Nc1cccc(C2NC(=S)N(CC)C(C)=C2C(=O)OCC)c1. The van der Waals surface area contributed by atoms with Crippen LogP contribution in [0.5, 0.6) is 0 Å². The molecule has 1 aliphatic heterocycles. The maximum absolute atomic E-state index is 12.7. The molecule has 1 atom stereocenters. The summed E-state index contributed by atoms with van der Waals surface area (Å²) >= 11 is 5.48. The van der Waals surface area contributed by atoms with E-state index in [0.29, 0.717) is 22.9 Å². The molecule has 0 fully saturated rings. The van der Waals surface area contributed by atoms with Crippen LogP contribution in [0.2, 0.25) is 0 Å². The van der Waals surface area contributed by atoms with E-state index in [4.69, 9.17) is 21.7 Å². The second kappa shape index (κ2) is 11.5. The van der Waals surface area contributed by atoms with Crippen LogP contribution in [0, 0.1) is 0 Å². The largest absolute Gasteiger partial charge is 0.466 e. The van der Waals surface area contributed by atoms with Gasteiger partial charge in [0.25, 0.3) is 0 Å². The number of anilines is 1. The van der Waals surface area contributed by atoms with Gasteiger partial charge in [-0.2, -0.15) is 0 Å². The van der Waals surface area contributed by atoms with E-state index in [2.05, 4.69) is 10.6 Å². The molecule has 1 aliphatic rings. The fourth-order valence-electron chi connectivity index (χ4n) is 3.35. The van der Waals surface area contributed by atoms with Crippen molar-refractivity contribution in [2.75, 3.05) is 25.1 Å². The smallest absolute Gasteiger partial charge is 0.338 e. The first-order valence-electron chi connectivity index (χ1n) is 10.3. The molecule has 0 saturated carbocycles. The maximum atomic E-state index is 12.7. The zero-order valence-electron chi connectivity index (χ0n) is 18.3. The Morgan fingerprint density at radius 2 is 1.84 bits per heavy atom. The van der Waals surface area contributed by atoms with Crippen molar-refractivity contribution < 1.29 is 23.9 Å². The molecule has 0 aliphatic carbocycles. The summed E-state index contributed by atoms with van der Waals surface area (Å²) in [6, 6.07) is 6.64. The molecule has 0 bridgehead atoms. The number of hydrogen-bond acceptors (Lipinski definition) is 6. The van der Waals surface area contributed by atoms with Crippen molar-refractivity contribution >= 4 is 40.9 Å². The van der Waals surface area contributed by atoms with Crippen LogP contribution in [0.3, 0.4) is 0 Å². The number of thiocarbonyl (C=S) groups is 1. The highest BCUT2D eigenvalue weighted by atomic mass is 32.1. The van der Waals surface area contributed by atoms with Crippen LogP contribution in [-0.4, -0.2) is 47.6 Å². The van der Waals surface area contributed by atoms with E-state index in [1.807, 2.05) is 24.8 Å². The van der Waals surface area contributed by atoms with Crippen molar-refractivity contribution in [2.24, 2.45) is 0 Å². The van der Waals surface area contributed by atoms with E-state index in [9.17, 15) is 14.4 Å². The van der Waals surface area contributed by atoms with Gasteiger partial charge in [0, 0.05) is 24.4 Å². The van der Waals surface area contributed by atoms with Gasteiger partial charge in [-0.05, 0) is 57.6 Å². The zero-order chi connectivity index (χ0) is 23.0. The first-order valence-corrected chi connectivity index (χ1v) is 10.7. The van der Waals surface area contributed by atoms with Gasteiger partial charge in [0.05, 0.1) is 31.2 Å². The van der Waals surface area contributed by atoms with E-state index >= 15 is 0 Å². The van der Waals surface area contributed by atoms with Gasteiger partial charge in [0.15, 0.2) is 5.11 Å². The molecular weight excluding hydrogens is 418 g/mol. The molecule has 9 heteroatoms. The number of hydrogen-bond donors (Lipinski definition) is 2. The zero-order valence-corrected chi connectivity index (χ0v) is 19.1. The van der Waals surface area contributed by atoms with Gasteiger partial charge < -0.3 is 25.0 Å². The quantitative estimate of drug-likeness (QED) is 0.440. The molecule has 2 rings (SSSR count). The van der Waals surface area contributed by atoms with E-state index in [1.54, 1.807) is 32.0 Å². The Bertz CT molecular complexity index is 884. The first kappa shape index (κ1) is 24.3. The number of nitrogens with zero attached hydrogens (tertiary/aromatic N) is 1. The number of carbonyl (C=O) groups excluding carboxylic acids is 3. The summed E-state index contributed by atoms with van der Waals surface area (Å²) in [6.07, 6.45) is 0.0347. The minimum Gasteiger partial charge on any atom is -0.466 e. The summed E-state index contributed by atoms with van der Waals surface area (Å²) in [7, 11) is 0.